The topological polar surface area (TPSA) is 88.6 Å². The molecule has 1 aliphatic carbocycles. The number of fused-ring (bicyclic) bond motifs is 1. The summed E-state index contributed by atoms with van der Waals surface area (Å²) in [6.45, 7) is 4.54. The molecule has 1 saturated carbocycles. The number of nitrogens with one attached hydrogen (secondary N) is 1. The number of aromatic nitrogens is 1. The van der Waals surface area contributed by atoms with Crippen LogP contribution in [0.4, 0.5) is 0 Å². The van der Waals surface area contributed by atoms with E-state index in [1.54, 1.807) is 4.90 Å². The Bertz CT molecular complexity index is 1110. The zero-order chi connectivity index (χ0) is 23.8. The number of ketones is 1. The molecule has 5 rings (SSSR count). The van der Waals surface area contributed by atoms with Gasteiger partial charge in [-0.1, -0.05) is 19.3 Å². The largest absolute Gasteiger partial charge is 0.368 e. The fourth-order valence-corrected chi connectivity index (χ4v) is 6.57. The van der Waals surface area contributed by atoms with Gasteiger partial charge in [0.1, 0.15) is 18.7 Å². The molecule has 1 N–H and O–H groups in total. The average molecular weight is 482 g/mol. The van der Waals surface area contributed by atoms with Crippen molar-refractivity contribution in [1.82, 2.24) is 15.2 Å². The molecular weight excluding hydrogens is 450 g/mol. The van der Waals surface area contributed by atoms with Gasteiger partial charge >= 0.3 is 0 Å². The predicted octanol–water partition coefficient (Wildman–Crippen LogP) is 3.67. The second kappa shape index (κ2) is 9.58. The molecule has 8 heteroatoms. The first-order valence-corrected chi connectivity index (χ1v) is 13.0. The van der Waals surface area contributed by atoms with Crippen LogP contribution in [0.25, 0.3) is 10.4 Å². The van der Waals surface area contributed by atoms with Gasteiger partial charge in [-0.15, -0.1) is 11.3 Å². The van der Waals surface area contributed by atoms with Gasteiger partial charge in [-0.05, 0) is 68.4 Å². The number of pyridine rings is 1. The zero-order valence-corrected chi connectivity index (χ0v) is 20.5. The van der Waals surface area contributed by atoms with Crippen LogP contribution in [-0.4, -0.2) is 58.8 Å². The normalized spacial score (nSPS) is 23.7. The molecule has 1 unspecified atom stereocenters. The summed E-state index contributed by atoms with van der Waals surface area (Å²) in [6, 6.07) is 4.70. The zero-order valence-electron chi connectivity index (χ0n) is 19.7. The van der Waals surface area contributed by atoms with Crippen molar-refractivity contribution in [2.24, 2.45) is 5.92 Å². The molecule has 0 bridgehead atoms. The summed E-state index contributed by atoms with van der Waals surface area (Å²) in [4.78, 5) is 47.0. The molecule has 0 spiro atoms. The highest BCUT2D eigenvalue weighted by Crippen LogP contribution is 2.33. The van der Waals surface area contributed by atoms with Gasteiger partial charge in [-0.3, -0.25) is 19.4 Å². The number of hydrogen-bond donors (Lipinski definition) is 1. The fraction of sp³-hybridized carbons (Fsp3) is 0.538. The van der Waals surface area contributed by atoms with Crippen LogP contribution < -0.4 is 5.32 Å². The molecule has 0 aromatic carbocycles. The van der Waals surface area contributed by atoms with Gasteiger partial charge in [0.2, 0.25) is 5.91 Å². The minimum atomic E-state index is -0.615. The molecule has 180 valence electrons. The molecule has 7 nitrogen and oxygen atoms in total. The lowest BCUT2D eigenvalue weighted by atomic mass is 9.83. The van der Waals surface area contributed by atoms with Crippen molar-refractivity contribution in [3.05, 3.63) is 40.5 Å². The number of ether oxygens (including phenoxy) is 1. The maximum absolute atomic E-state index is 13.7. The molecule has 2 aliphatic heterocycles. The standard InChI is InChI=1S/C26H31N3O4S/c1-15-13-27-16(2)12-18(15)21-8-9-22(34-21)25(31)28-23(17-6-4-3-5-7-17)26(32)29-11-10-20-24(29)19(30)14-33-20/h8-9,12-13,17,20,23-24H,3-7,10-11,14H2,1-2H3,(H,28,31)/t20-,23?,24-/m1/s1. The number of carbonyl (C=O) groups is 3. The van der Waals surface area contributed by atoms with Crippen LogP contribution in [0.3, 0.4) is 0 Å². The van der Waals surface area contributed by atoms with Crippen molar-refractivity contribution in [3.8, 4) is 10.4 Å². The minimum Gasteiger partial charge on any atom is -0.368 e. The van der Waals surface area contributed by atoms with Crippen LogP contribution in [0.1, 0.15) is 59.5 Å². The van der Waals surface area contributed by atoms with Crippen LogP contribution >= 0.6 is 11.3 Å². The number of likely N-dealkylation sites (tertiary alicyclic amines) is 1. The first-order valence-electron chi connectivity index (χ1n) is 12.2. The van der Waals surface area contributed by atoms with Crippen molar-refractivity contribution in [1.29, 1.82) is 0 Å². The number of thiophene rings is 1. The first kappa shape index (κ1) is 23.2. The third-order valence-corrected chi connectivity index (χ3v) is 8.52. The molecule has 4 heterocycles. The van der Waals surface area contributed by atoms with E-state index in [1.165, 1.54) is 11.3 Å². The fourth-order valence-electron chi connectivity index (χ4n) is 5.58. The molecule has 2 amide bonds. The summed E-state index contributed by atoms with van der Waals surface area (Å²) in [5, 5.41) is 3.08. The number of aryl methyl sites for hydroxylation is 2. The number of carbonyl (C=O) groups excluding carboxylic acids is 3. The molecule has 0 radical (unpaired) electrons. The molecule has 34 heavy (non-hydrogen) atoms. The third kappa shape index (κ3) is 4.41. The monoisotopic (exact) mass is 481 g/mol. The Morgan fingerprint density at radius 1 is 1.18 bits per heavy atom. The van der Waals surface area contributed by atoms with Gasteiger partial charge in [0.15, 0.2) is 5.78 Å². The number of amides is 2. The average Bonchev–Trinajstić information content (AvgIpc) is 3.57. The van der Waals surface area contributed by atoms with Crippen LogP contribution in [0.5, 0.6) is 0 Å². The summed E-state index contributed by atoms with van der Waals surface area (Å²) in [7, 11) is 0. The second-order valence-electron chi connectivity index (χ2n) is 9.73. The van der Waals surface area contributed by atoms with E-state index in [0.29, 0.717) is 17.8 Å². The maximum atomic E-state index is 13.7. The van der Waals surface area contributed by atoms with E-state index in [0.717, 1.165) is 53.8 Å². The lowest BCUT2D eigenvalue weighted by molar-refractivity contribution is -0.139. The summed E-state index contributed by atoms with van der Waals surface area (Å²) >= 11 is 1.43. The lowest BCUT2D eigenvalue weighted by Gasteiger charge is -2.34. The van der Waals surface area contributed by atoms with Gasteiger partial charge < -0.3 is 15.0 Å². The summed E-state index contributed by atoms with van der Waals surface area (Å²) in [5.74, 6) is -0.306. The Balaban J connectivity index is 1.37. The van der Waals surface area contributed by atoms with Crippen molar-refractivity contribution in [3.63, 3.8) is 0 Å². The number of rotatable bonds is 5. The summed E-state index contributed by atoms with van der Waals surface area (Å²) in [6.07, 6.45) is 7.41. The lowest BCUT2D eigenvalue weighted by Crippen LogP contribution is -2.55. The second-order valence-corrected chi connectivity index (χ2v) is 10.8. The molecule has 3 atom stereocenters. The molecule has 3 aliphatic rings. The van der Waals surface area contributed by atoms with Crippen LogP contribution in [0, 0.1) is 19.8 Å². The Kier molecular flexibility index (Phi) is 6.53. The summed E-state index contributed by atoms with van der Waals surface area (Å²) in [5.41, 5.74) is 3.05. The van der Waals surface area contributed by atoms with Crippen molar-refractivity contribution >= 4 is 28.9 Å². The van der Waals surface area contributed by atoms with Crippen molar-refractivity contribution in [2.75, 3.05) is 13.2 Å². The molecular formula is C26H31N3O4S. The summed E-state index contributed by atoms with van der Waals surface area (Å²) < 4.78 is 5.57. The predicted molar refractivity (Wildman–Crippen MR) is 130 cm³/mol. The highest BCUT2D eigenvalue weighted by Gasteiger charge is 2.49. The quantitative estimate of drug-likeness (QED) is 0.704. The van der Waals surface area contributed by atoms with Crippen molar-refractivity contribution < 1.29 is 19.1 Å². The number of nitrogens with zero attached hydrogens (tertiary/aromatic N) is 2. The SMILES string of the molecule is Cc1cc(-c2ccc(C(=O)NC(C(=O)N3CC[C@H]4OCC(=O)[C@H]43)C3CCCCC3)s2)c(C)cn1. The van der Waals surface area contributed by atoms with E-state index in [2.05, 4.69) is 10.3 Å². The van der Waals surface area contributed by atoms with Crippen LogP contribution in [0.15, 0.2) is 24.4 Å². The number of hydrogen-bond acceptors (Lipinski definition) is 6. The van der Waals surface area contributed by atoms with Gasteiger partial charge in [0, 0.05) is 23.3 Å². The smallest absolute Gasteiger partial charge is 0.262 e. The maximum Gasteiger partial charge on any atom is 0.262 e. The van der Waals surface area contributed by atoms with E-state index in [9.17, 15) is 14.4 Å². The number of Topliss-reactive ketones (excluding diaryl/α,β-unsaturated/α-hetero) is 1. The van der Waals surface area contributed by atoms with Gasteiger partial charge in [0.25, 0.3) is 5.91 Å². The highest BCUT2D eigenvalue weighted by molar-refractivity contribution is 7.17. The van der Waals surface area contributed by atoms with E-state index < -0.39 is 12.1 Å². The van der Waals surface area contributed by atoms with Crippen molar-refractivity contribution in [2.45, 2.75) is 70.6 Å². The molecule has 2 saturated heterocycles. The Morgan fingerprint density at radius 3 is 2.76 bits per heavy atom. The molecule has 3 fully saturated rings. The molecule has 2 aromatic rings. The van der Waals surface area contributed by atoms with E-state index in [-0.39, 0.29) is 36.2 Å². The first-order chi connectivity index (χ1) is 16.4. The van der Waals surface area contributed by atoms with Gasteiger partial charge in [-0.25, -0.2) is 0 Å². The third-order valence-electron chi connectivity index (χ3n) is 7.40. The van der Waals surface area contributed by atoms with E-state index >= 15 is 0 Å². The molecule has 2 aromatic heterocycles. The van der Waals surface area contributed by atoms with Crippen LogP contribution in [0.2, 0.25) is 0 Å². The van der Waals surface area contributed by atoms with E-state index in [4.69, 9.17) is 4.74 Å². The minimum absolute atomic E-state index is 0.0320. The van der Waals surface area contributed by atoms with Gasteiger partial charge in [0.05, 0.1) is 11.0 Å². The Hall–Kier alpha value is -2.58. The van der Waals surface area contributed by atoms with Gasteiger partial charge in [-0.2, -0.15) is 0 Å². The Morgan fingerprint density at radius 2 is 1.97 bits per heavy atom. The van der Waals surface area contributed by atoms with E-state index in [1.807, 2.05) is 38.2 Å². The highest BCUT2D eigenvalue weighted by atomic mass is 32.1. The Labute approximate surface area is 203 Å². The van der Waals surface area contributed by atoms with Crippen LogP contribution in [-0.2, 0) is 14.3 Å².